The Balaban J connectivity index is 1.57. The molecule has 9 unspecified atom stereocenters. The molecule has 1 aromatic carbocycles. The zero-order chi connectivity index (χ0) is 56.3. The Morgan fingerprint density at radius 3 is 1.11 bits per heavy atom. The second-order valence-electron chi connectivity index (χ2n) is 17.3. The van der Waals surface area contributed by atoms with Crippen LogP contribution in [-0.4, -0.2) is 172 Å². The maximum atomic E-state index is 12.8. The van der Waals surface area contributed by atoms with Crippen molar-refractivity contribution in [3.8, 4) is 5.75 Å². The van der Waals surface area contributed by atoms with E-state index >= 15 is 0 Å². The molecule has 2 aromatic rings. The molecule has 1 aromatic heterocycles. The number of aryl methyl sites for hydroxylation is 1. The highest BCUT2D eigenvalue weighted by atomic mass is 16.8. The Labute approximate surface area is 432 Å². The van der Waals surface area contributed by atoms with Gasteiger partial charge >= 0.3 is 65.3 Å². The van der Waals surface area contributed by atoms with E-state index in [4.69, 9.17) is 80.2 Å². The molecule has 0 spiro atoms. The van der Waals surface area contributed by atoms with Gasteiger partial charge in [0.05, 0.1) is 13.2 Å². The molecule has 0 N–H and O–H groups in total. The lowest BCUT2D eigenvalue weighted by molar-refractivity contribution is -0.342. The fraction of sp³-hybridized carbons (Fsp3) is 0.604. The molecule has 76 heavy (non-hydrogen) atoms. The van der Waals surface area contributed by atoms with Crippen molar-refractivity contribution in [2.45, 2.75) is 168 Å². The second kappa shape index (κ2) is 26.5. The molecule has 3 aliphatic rings. The van der Waals surface area contributed by atoms with Crippen LogP contribution in [0.15, 0.2) is 33.5 Å². The van der Waals surface area contributed by atoms with Crippen molar-refractivity contribution in [2.75, 3.05) is 19.8 Å². The van der Waals surface area contributed by atoms with Crippen LogP contribution in [0.3, 0.4) is 0 Å². The summed E-state index contributed by atoms with van der Waals surface area (Å²) in [5.41, 5.74) is -0.0149. The monoisotopic (exact) mass is 1080 g/mol. The topological polar surface area (TPSA) is 349 Å². The highest BCUT2D eigenvalue weighted by molar-refractivity contribution is 5.81. The van der Waals surface area contributed by atoms with E-state index in [1.54, 1.807) is 13.0 Å². The van der Waals surface area contributed by atoms with Gasteiger partial charge in [-0.15, -0.1) is 0 Å². The molecule has 4 heterocycles. The highest BCUT2D eigenvalue weighted by Crippen LogP contribution is 2.36. The van der Waals surface area contributed by atoms with Gasteiger partial charge < -0.3 is 80.2 Å². The smallest absolute Gasteiger partial charge is 0.336 e. The molecule has 5 rings (SSSR count). The zero-order valence-corrected chi connectivity index (χ0v) is 43.0. The molecular formula is C48H58O28. The first kappa shape index (κ1) is 59.6. The van der Waals surface area contributed by atoms with E-state index in [-0.39, 0.29) is 11.3 Å². The highest BCUT2D eigenvalue weighted by Gasteiger charge is 2.58. The summed E-state index contributed by atoms with van der Waals surface area (Å²) in [6, 6.07) is 5.64. The van der Waals surface area contributed by atoms with Gasteiger partial charge in [-0.2, -0.15) is 0 Å². The first-order valence-corrected chi connectivity index (χ1v) is 23.3. The minimum absolute atomic E-state index is 0.0265. The Hall–Kier alpha value is -7.27. The molecular weight excluding hydrogens is 1020 g/mol. The number of carbonyl (C=O) groups is 10. The Bertz CT molecular complexity index is 2550. The third-order valence-corrected chi connectivity index (χ3v) is 11.0. The number of benzene rings is 1. The molecule has 3 fully saturated rings. The first-order valence-electron chi connectivity index (χ1n) is 23.3. The lowest BCUT2D eigenvalue weighted by Crippen LogP contribution is -2.66. The van der Waals surface area contributed by atoms with Crippen molar-refractivity contribution in [1.29, 1.82) is 0 Å². The number of carbonyl (C=O) groups excluding carboxylic acids is 10. The minimum Gasteiger partial charge on any atom is -0.463 e. The first-order chi connectivity index (χ1) is 35.7. The number of hydrogen-bond donors (Lipinski definition) is 0. The van der Waals surface area contributed by atoms with Gasteiger partial charge in [0.2, 0.25) is 12.4 Å². The third kappa shape index (κ3) is 16.4. The summed E-state index contributed by atoms with van der Waals surface area (Å²) < 4.78 is 97.6. The fourth-order valence-electron chi connectivity index (χ4n) is 8.42. The van der Waals surface area contributed by atoms with Gasteiger partial charge in [0.25, 0.3) is 0 Å². The lowest BCUT2D eigenvalue weighted by atomic mass is 9.96. The average Bonchev–Trinajstić information content (AvgIpc) is 3.28. The predicted octanol–water partition coefficient (Wildman–Crippen LogP) is 0.637. The normalized spacial score (nSPS) is 29.0. The number of hydrogen-bond acceptors (Lipinski definition) is 28. The SMILES string of the molecule is CC(=O)OCC1O[C@@H](OCC2O[C@@H](OCC3O[C@@H](Oc4ccc5c(C)cc(=O)oc5c4)C(OC(C)=O)C(OC(C)=O)[C@H]3OC(C)=O)C(OC(C)=O)C(OC(C)=O)[C@H]2OC(C)=O)C(OC(C)=O)C(OC(C)=O)[C@H]1OC(C)=O. The number of ether oxygens (including phenoxy) is 16. The van der Waals surface area contributed by atoms with Gasteiger partial charge in [-0.05, 0) is 24.6 Å². The molecule has 418 valence electrons. The summed E-state index contributed by atoms with van der Waals surface area (Å²) in [5, 5.41) is 0.534. The van der Waals surface area contributed by atoms with Crippen LogP contribution in [0.2, 0.25) is 0 Å². The van der Waals surface area contributed by atoms with Crippen LogP contribution in [0.25, 0.3) is 11.0 Å². The summed E-state index contributed by atoms with van der Waals surface area (Å²) in [4.78, 5) is 138. The standard InChI is InChI=1S/C48H58O28/c1-19-14-36(59)73-32-15-30(12-13-31(19)32)72-48-45(71-29(11)58)42(68-26(8)55)39(65-23(5)52)35(76-48)18-62-47-44(70-28(10)57)41(67-25(7)54)38(64-22(4)51)34(75-47)17-61-46-43(69-27(9)56)40(66-24(6)53)37(63-21(3)50)33(74-46)16-60-20(2)49/h12-15,33-35,37-48H,16-18H2,1-11H3/t33?,34?,35?,37-,38-,39-,40?,41?,42?,43?,44?,45?,46+,47+,48+/m0/s1. The third-order valence-electron chi connectivity index (χ3n) is 11.0. The number of esters is 10. The molecule has 3 aliphatic heterocycles. The Kier molecular flexibility index (Phi) is 20.8. The lowest BCUT2D eigenvalue weighted by Gasteiger charge is -2.47. The van der Waals surface area contributed by atoms with E-state index in [1.807, 2.05) is 0 Å². The van der Waals surface area contributed by atoms with Crippen LogP contribution in [0, 0.1) is 6.92 Å². The van der Waals surface area contributed by atoms with Crippen molar-refractivity contribution in [1.82, 2.24) is 0 Å². The van der Waals surface area contributed by atoms with Crippen molar-refractivity contribution >= 4 is 70.7 Å². The quantitative estimate of drug-likeness (QED) is 0.106. The molecule has 0 aliphatic carbocycles. The van der Waals surface area contributed by atoms with Crippen molar-refractivity contribution < 1.29 is 128 Å². The summed E-state index contributed by atoms with van der Waals surface area (Å²) in [6.07, 6.45) is -25.7. The maximum Gasteiger partial charge on any atom is 0.336 e. The number of rotatable bonds is 19. The van der Waals surface area contributed by atoms with E-state index in [1.165, 1.54) is 18.2 Å². The van der Waals surface area contributed by atoms with Crippen LogP contribution >= 0.6 is 0 Å². The van der Waals surface area contributed by atoms with Gasteiger partial charge in [-0.3, -0.25) is 47.9 Å². The van der Waals surface area contributed by atoms with Crippen LogP contribution in [0.4, 0.5) is 0 Å². The summed E-state index contributed by atoms with van der Waals surface area (Å²) in [6.45, 7) is 9.45. The summed E-state index contributed by atoms with van der Waals surface area (Å²) >= 11 is 0. The predicted molar refractivity (Wildman–Crippen MR) is 242 cm³/mol. The molecule has 0 amide bonds. The van der Waals surface area contributed by atoms with Crippen LogP contribution in [0.5, 0.6) is 5.75 Å². The van der Waals surface area contributed by atoms with Crippen molar-refractivity contribution in [2.24, 2.45) is 0 Å². The fourth-order valence-corrected chi connectivity index (χ4v) is 8.42. The van der Waals surface area contributed by atoms with Gasteiger partial charge in [-0.25, -0.2) is 4.79 Å². The molecule has 28 nitrogen and oxygen atoms in total. The van der Waals surface area contributed by atoms with Crippen molar-refractivity contribution in [3.05, 3.63) is 40.2 Å². The van der Waals surface area contributed by atoms with E-state index < -0.39 is 177 Å². The van der Waals surface area contributed by atoms with E-state index in [9.17, 15) is 52.7 Å². The molecule has 28 heteroatoms. The van der Waals surface area contributed by atoms with Crippen LogP contribution < -0.4 is 10.4 Å². The second-order valence-corrected chi connectivity index (χ2v) is 17.3. The Morgan fingerprint density at radius 2 is 0.737 bits per heavy atom. The van der Waals surface area contributed by atoms with Crippen LogP contribution in [0.1, 0.15) is 74.8 Å². The zero-order valence-electron chi connectivity index (χ0n) is 43.0. The molecule has 0 bridgehead atoms. The van der Waals surface area contributed by atoms with Crippen molar-refractivity contribution in [3.63, 3.8) is 0 Å². The number of fused-ring (bicyclic) bond motifs is 1. The maximum absolute atomic E-state index is 12.8. The van der Waals surface area contributed by atoms with E-state index in [0.717, 1.165) is 69.2 Å². The summed E-state index contributed by atoms with van der Waals surface area (Å²) in [7, 11) is 0. The molecule has 3 saturated heterocycles. The van der Waals surface area contributed by atoms with Gasteiger partial charge in [-0.1, -0.05) is 0 Å². The summed E-state index contributed by atoms with van der Waals surface area (Å²) in [5.74, 6) is -9.50. The van der Waals surface area contributed by atoms with Gasteiger partial charge in [0, 0.05) is 86.8 Å². The molecule has 0 saturated carbocycles. The van der Waals surface area contributed by atoms with E-state index in [0.29, 0.717) is 10.9 Å². The van der Waals surface area contributed by atoms with E-state index in [2.05, 4.69) is 0 Å². The molecule has 15 atom stereocenters. The minimum atomic E-state index is -1.92. The van der Waals surface area contributed by atoms with Crippen LogP contribution in [-0.2, 0) is 119 Å². The van der Waals surface area contributed by atoms with Gasteiger partial charge in [0.1, 0.15) is 36.3 Å². The van der Waals surface area contributed by atoms with Gasteiger partial charge in [0.15, 0.2) is 61.4 Å². The average molecular weight is 1080 g/mol. The largest absolute Gasteiger partial charge is 0.463 e. The molecule has 0 radical (unpaired) electrons. The Morgan fingerprint density at radius 1 is 0.408 bits per heavy atom.